The van der Waals surface area contributed by atoms with Crippen LogP contribution in [0.3, 0.4) is 0 Å². The molecule has 0 radical (unpaired) electrons. The highest BCUT2D eigenvalue weighted by Gasteiger charge is 2.28. The first-order chi connectivity index (χ1) is 39.0. The summed E-state index contributed by atoms with van der Waals surface area (Å²) in [5.74, 6) is -0.183. The van der Waals surface area contributed by atoms with Crippen LogP contribution in [0.4, 0.5) is 0 Å². The number of amides is 1. The van der Waals surface area contributed by atoms with E-state index in [9.17, 15) is 19.4 Å². The standard InChI is InChI=1S/C71H131N2O6P/c1-6-8-10-12-14-16-18-20-22-24-26-27-28-29-30-31-32-33-34-35-36-37-38-39-40-41-42-43-44-45-47-49-51-53-55-57-59-61-63-65-71(75)72-69(68-79-80(76,77)78-67-66-73(3,4)5)70(74)64-62-60-58-56-54-52-50-48-46-25-23-21-19-17-15-13-11-9-7-2/h8,10,14,16,20,22,26-27,29-30,54,56,62,64,69-70,74H,6-7,9,11-13,15,17-19,21,23-25,28,31-53,55,57-61,63,65-68H2,1-5H3,(H-,72,75,76,77)/p+1/b10-8-,16-14-,22-20-,27-26-,30-29-,56-54+,64-62+. The smallest absolute Gasteiger partial charge is 0.387 e. The van der Waals surface area contributed by atoms with Crippen molar-refractivity contribution in [1.82, 2.24) is 5.32 Å². The molecule has 0 bridgehead atoms. The molecule has 1 amide bonds. The van der Waals surface area contributed by atoms with E-state index in [1.165, 1.54) is 218 Å². The number of carbonyl (C=O) groups excluding carboxylic acids is 1. The average molecular weight is 1140 g/mol. The lowest BCUT2D eigenvalue weighted by Gasteiger charge is -2.25. The van der Waals surface area contributed by atoms with Crippen molar-refractivity contribution in [3.05, 3.63) is 85.1 Å². The largest absolute Gasteiger partial charge is 0.472 e. The topological polar surface area (TPSA) is 105 Å². The number of hydrogen-bond donors (Lipinski definition) is 3. The molecule has 0 aliphatic heterocycles. The maximum Gasteiger partial charge on any atom is 0.472 e. The van der Waals surface area contributed by atoms with Crippen LogP contribution in [0.1, 0.15) is 309 Å². The molecule has 0 saturated carbocycles. The van der Waals surface area contributed by atoms with Gasteiger partial charge in [-0.15, -0.1) is 0 Å². The average Bonchev–Trinajstić information content (AvgIpc) is 3.42. The first kappa shape index (κ1) is 77.7. The third-order valence-electron chi connectivity index (χ3n) is 15.1. The number of phosphoric acid groups is 1. The van der Waals surface area contributed by atoms with Crippen molar-refractivity contribution in [2.24, 2.45) is 0 Å². The first-order valence-electron chi connectivity index (χ1n) is 34.0. The van der Waals surface area contributed by atoms with Gasteiger partial charge in [0.15, 0.2) is 0 Å². The quantitative estimate of drug-likeness (QED) is 0.0243. The fourth-order valence-corrected chi connectivity index (χ4v) is 10.6. The molecule has 3 N–H and O–H groups in total. The zero-order valence-corrected chi connectivity index (χ0v) is 54.2. The molecule has 0 aliphatic carbocycles. The van der Waals surface area contributed by atoms with Crippen LogP contribution in [0.25, 0.3) is 0 Å². The lowest BCUT2D eigenvalue weighted by Crippen LogP contribution is -2.45. The number of aliphatic hydroxyl groups is 1. The van der Waals surface area contributed by atoms with Gasteiger partial charge in [-0.2, -0.15) is 0 Å². The van der Waals surface area contributed by atoms with Crippen molar-refractivity contribution in [3.8, 4) is 0 Å². The lowest BCUT2D eigenvalue weighted by atomic mass is 10.0. The fraction of sp³-hybridized carbons (Fsp3) is 0.789. The molecule has 0 heterocycles. The molecule has 0 saturated heterocycles. The second-order valence-electron chi connectivity index (χ2n) is 24.2. The van der Waals surface area contributed by atoms with Crippen molar-refractivity contribution < 1.29 is 32.9 Å². The van der Waals surface area contributed by atoms with E-state index in [1.807, 2.05) is 27.2 Å². The van der Waals surface area contributed by atoms with Gasteiger partial charge in [0.05, 0.1) is 39.9 Å². The number of nitrogens with one attached hydrogen (secondary N) is 1. The summed E-state index contributed by atoms with van der Waals surface area (Å²) in [6, 6.07) is -0.865. The molecule has 80 heavy (non-hydrogen) atoms. The third-order valence-corrected chi connectivity index (χ3v) is 16.1. The highest BCUT2D eigenvalue weighted by Crippen LogP contribution is 2.43. The Bertz CT molecular complexity index is 1580. The van der Waals surface area contributed by atoms with Crippen molar-refractivity contribution in [2.45, 2.75) is 321 Å². The molecule has 3 unspecified atom stereocenters. The van der Waals surface area contributed by atoms with Gasteiger partial charge >= 0.3 is 7.82 Å². The van der Waals surface area contributed by atoms with Crippen LogP contribution < -0.4 is 5.32 Å². The van der Waals surface area contributed by atoms with Crippen LogP contribution in [0, 0.1) is 0 Å². The number of hydrogen-bond acceptors (Lipinski definition) is 5. The van der Waals surface area contributed by atoms with Gasteiger partial charge in [0.2, 0.25) is 5.91 Å². The second-order valence-corrected chi connectivity index (χ2v) is 25.6. The highest BCUT2D eigenvalue weighted by atomic mass is 31.2. The van der Waals surface area contributed by atoms with Crippen molar-refractivity contribution in [2.75, 3.05) is 40.9 Å². The van der Waals surface area contributed by atoms with Crippen LogP contribution in [0.15, 0.2) is 85.1 Å². The Balaban J connectivity index is 3.99. The number of allylic oxidation sites excluding steroid dienone is 13. The zero-order chi connectivity index (χ0) is 58.4. The predicted octanol–water partition coefficient (Wildman–Crippen LogP) is 21.5. The van der Waals surface area contributed by atoms with Crippen molar-refractivity contribution in [1.29, 1.82) is 0 Å². The van der Waals surface area contributed by atoms with E-state index in [-0.39, 0.29) is 19.1 Å². The Morgan fingerprint density at radius 2 is 0.762 bits per heavy atom. The second kappa shape index (κ2) is 61.2. The number of quaternary nitrogens is 1. The Morgan fingerprint density at radius 3 is 1.15 bits per heavy atom. The van der Waals surface area contributed by atoms with E-state index in [2.05, 4.69) is 92.1 Å². The molecule has 0 aromatic carbocycles. The number of carbonyl (C=O) groups is 1. The van der Waals surface area contributed by atoms with Gasteiger partial charge in [-0.1, -0.05) is 311 Å². The Kier molecular flexibility index (Phi) is 59.5. The molecule has 9 heteroatoms. The fourth-order valence-electron chi connectivity index (χ4n) is 9.85. The van der Waals surface area contributed by atoms with Crippen LogP contribution in [-0.4, -0.2) is 73.4 Å². The van der Waals surface area contributed by atoms with Gasteiger partial charge in [-0.05, 0) is 77.0 Å². The lowest BCUT2D eigenvalue weighted by molar-refractivity contribution is -0.870. The number of rotatable bonds is 62. The van der Waals surface area contributed by atoms with E-state index in [1.54, 1.807) is 6.08 Å². The van der Waals surface area contributed by atoms with Crippen LogP contribution >= 0.6 is 7.82 Å². The minimum Gasteiger partial charge on any atom is -0.387 e. The maximum atomic E-state index is 13.0. The van der Waals surface area contributed by atoms with Crippen molar-refractivity contribution >= 4 is 13.7 Å². The Hall–Kier alpha value is -2.32. The summed E-state index contributed by atoms with van der Waals surface area (Å²) in [6.45, 7) is 4.71. The van der Waals surface area contributed by atoms with Gasteiger partial charge in [-0.25, -0.2) is 4.57 Å². The van der Waals surface area contributed by atoms with Gasteiger partial charge in [0.25, 0.3) is 0 Å². The maximum absolute atomic E-state index is 13.0. The van der Waals surface area contributed by atoms with E-state index in [0.717, 1.165) is 70.6 Å². The number of likely N-dealkylation sites (N-methyl/N-ethyl adjacent to an activating group) is 1. The van der Waals surface area contributed by atoms with Gasteiger partial charge in [0.1, 0.15) is 13.2 Å². The molecule has 0 aromatic heterocycles. The number of nitrogens with zero attached hydrogens (tertiary/aromatic N) is 1. The van der Waals surface area contributed by atoms with E-state index >= 15 is 0 Å². The molecule has 0 aromatic rings. The van der Waals surface area contributed by atoms with Gasteiger partial charge in [0, 0.05) is 6.42 Å². The summed E-state index contributed by atoms with van der Waals surface area (Å²) in [5.41, 5.74) is 0. The van der Waals surface area contributed by atoms with Crippen molar-refractivity contribution in [3.63, 3.8) is 0 Å². The molecular weight excluding hydrogens is 1010 g/mol. The molecule has 0 spiro atoms. The van der Waals surface area contributed by atoms with Crippen LogP contribution in [0.2, 0.25) is 0 Å². The van der Waals surface area contributed by atoms with E-state index < -0.39 is 20.0 Å². The summed E-state index contributed by atoms with van der Waals surface area (Å²) in [6.07, 6.45) is 87.3. The summed E-state index contributed by atoms with van der Waals surface area (Å²) in [4.78, 5) is 23.4. The molecule has 0 fully saturated rings. The molecule has 0 aliphatic rings. The Labute approximate surface area is 497 Å². The molecule has 466 valence electrons. The van der Waals surface area contributed by atoms with E-state index in [4.69, 9.17) is 9.05 Å². The third kappa shape index (κ3) is 63.3. The SMILES string of the molecule is CC/C=C\C/C=C\C/C=C\C/C=C\C/C=C\CCCCCCCCCCCCCCCCCCCCCCCCCC(=O)NC(COP(=O)(O)OCC[N+](C)(C)C)C(O)/C=C/CC/C=C/CCCCCCCCCCCCCCC. The summed E-state index contributed by atoms with van der Waals surface area (Å²) < 4.78 is 23.8. The number of aliphatic hydroxyl groups excluding tert-OH is 1. The predicted molar refractivity (Wildman–Crippen MR) is 350 cm³/mol. The summed E-state index contributed by atoms with van der Waals surface area (Å²) >= 11 is 0. The number of unbranched alkanes of at least 4 members (excludes halogenated alkanes) is 37. The van der Waals surface area contributed by atoms with Gasteiger partial charge < -0.3 is 19.8 Å². The first-order valence-corrected chi connectivity index (χ1v) is 35.5. The zero-order valence-electron chi connectivity index (χ0n) is 53.3. The van der Waals surface area contributed by atoms with Crippen LogP contribution in [0.5, 0.6) is 0 Å². The highest BCUT2D eigenvalue weighted by molar-refractivity contribution is 7.47. The van der Waals surface area contributed by atoms with E-state index in [0.29, 0.717) is 17.4 Å². The molecule has 0 rings (SSSR count). The number of phosphoric ester groups is 1. The summed E-state index contributed by atoms with van der Waals surface area (Å²) in [5, 5.41) is 14.0. The normalized spacial score (nSPS) is 14.2. The minimum atomic E-state index is -4.36. The van der Waals surface area contributed by atoms with Crippen LogP contribution in [-0.2, 0) is 18.4 Å². The molecular formula is C71H132N2O6P+. The minimum absolute atomic E-state index is 0.0558. The molecule has 8 nitrogen and oxygen atoms in total. The summed E-state index contributed by atoms with van der Waals surface area (Å²) in [7, 11) is 1.56. The van der Waals surface area contributed by atoms with Gasteiger partial charge in [-0.3, -0.25) is 13.8 Å². The monoisotopic (exact) mass is 1140 g/mol. The Morgan fingerprint density at radius 1 is 0.438 bits per heavy atom. The molecule has 3 atom stereocenters.